The third-order valence-corrected chi connectivity index (χ3v) is 5.25. The van der Waals surface area contributed by atoms with Crippen LogP contribution in [0.3, 0.4) is 0 Å². The second-order valence-corrected chi connectivity index (χ2v) is 6.57. The largest absolute Gasteiger partial charge is 0.325 e. The summed E-state index contributed by atoms with van der Waals surface area (Å²) >= 11 is 0. The predicted octanol–water partition coefficient (Wildman–Crippen LogP) is 3.16. The van der Waals surface area contributed by atoms with Crippen LogP contribution < -0.4 is 5.73 Å². The molecule has 2 unspecified atom stereocenters. The van der Waals surface area contributed by atoms with E-state index in [1.807, 2.05) is 0 Å². The Balaban J connectivity index is 1.80. The third kappa shape index (κ3) is 3.45. The van der Waals surface area contributed by atoms with Gasteiger partial charge in [0.15, 0.2) is 0 Å². The molecular weight excluding hydrogens is 208 g/mol. The molecule has 2 heteroatoms. The average molecular weight is 238 g/mol. The summed E-state index contributed by atoms with van der Waals surface area (Å²) < 4.78 is 0. The van der Waals surface area contributed by atoms with Crippen molar-refractivity contribution >= 4 is 0 Å². The second-order valence-electron chi connectivity index (χ2n) is 6.57. The Morgan fingerprint density at radius 1 is 1.12 bits per heavy atom. The van der Waals surface area contributed by atoms with Crippen LogP contribution >= 0.6 is 0 Å². The molecule has 1 aliphatic heterocycles. The Morgan fingerprint density at radius 2 is 1.82 bits per heavy atom. The molecule has 2 rings (SSSR count). The smallest absolute Gasteiger partial charge is 0.0166 e. The summed E-state index contributed by atoms with van der Waals surface area (Å²) in [5, 5.41) is 0. The molecule has 1 saturated heterocycles. The van der Waals surface area contributed by atoms with Crippen LogP contribution in [0.2, 0.25) is 0 Å². The minimum atomic E-state index is 0.165. The van der Waals surface area contributed by atoms with Crippen LogP contribution in [0.1, 0.15) is 65.2 Å². The van der Waals surface area contributed by atoms with Crippen molar-refractivity contribution in [1.82, 2.24) is 4.90 Å². The van der Waals surface area contributed by atoms with Gasteiger partial charge in [0, 0.05) is 18.1 Å². The van der Waals surface area contributed by atoms with Gasteiger partial charge in [-0.2, -0.15) is 0 Å². The van der Waals surface area contributed by atoms with E-state index < -0.39 is 0 Å². The van der Waals surface area contributed by atoms with Gasteiger partial charge in [-0.25, -0.2) is 0 Å². The lowest BCUT2D eigenvalue weighted by Gasteiger charge is -2.41. The lowest BCUT2D eigenvalue weighted by atomic mass is 9.80. The van der Waals surface area contributed by atoms with Gasteiger partial charge in [0.1, 0.15) is 0 Å². The molecule has 0 radical (unpaired) electrons. The molecule has 2 nitrogen and oxygen atoms in total. The zero-order valence-corrected chi connectivity index (χ0v) is 11.8. The van der Waals surface area contributed by atoms with Crippen LogP contribution in [0, 0.1) is 5.92 Å². The third-order valence-electron chi connectivity index (χ3n) is 5.25. The normalized spacial score (nSPS) is 34.8. The van der Waals surface area contributed by atoms with Crippen molar-refractivity contribution < 1.29 is 0 Å². The van der Waals surface area contributed by atoms with Gasteiger partial charge >= 0.3 is 0 Å². The summed E-state index contributed by atoms with van der Waals surface area (Å²) in [5.74, 6) is 0.865. The summed E-state index contributed by atoms with van der Waals surface area (Å²) in [5.41, 5.74) is 6.70. The van der Waals surface area contributed by atoms with E-state index in [4.69, 9.17) is 5.73 Å². The number of hydrogen-bond donors (Lipinski definition) is 1. The highest BCUT2D eigenvalue weighted by atomic mass is 15.2. The van der Waals surface area contributed by atoms with E-state index in [1.54, 1.807) is 0 Å². The molecule has 0 aromatic carbocycles. The fourth-order valence-corrected chi connectivity index (χ4v) is 3.61. The summed E-state index contributed by atoms with van der Waals surface area (Å²) in [6.07, 6.45) is 10.6. The Bertz CT molecular complexity index is 233. The van der Waals surface area contributed by atoms with Crippen LogP contribution in [-0.4, -0.2) is 29.6 Å². The van der Waals surface area contributed by atoms with Crippen molar-refractivity contribution in [2.45, 2.75) is 76.8 Å². The average Bonchev–Trinajstić information content (AvgIpc) is 2.32. The molecule has 0 aromatic rings. The van der Waals surface area contributed by atoms with Crippen LogP contribution in [0.4, 0.5) is 0 Å². The van der Waals surface area contributed by atoms with Crippen molar-refractivity contribution in [3.05, 3.63) is 0 Å². The van der Waals surface area contributed by atoms with Gasteiger partial charge in [0.2, 0.25) is 0 Å². The van der Waals surface area contributed by atoms with Gasteiger partial charge in [-0.05, 0) is 51.5 Å². The number of nitrogens with two attached hydrogens (primary N) is 1. The molecule has 0 aromatic heterocycles. The highest BCUT2D eigenvalue weighted by Crippen LogP contribution is 2.30. The summed E-state index contributed by atoms with van der Waals surface area (Å²) in [6, 6.07) is 0.760. The molecule has 1 saturated carbocycles. The molecule has 0 spiro atoms. The molecule has 17 heavy (non-hydrogen) atoms. The lowest BCUT2D eigenvalue weighted by Crippen LogP contribution is -2.48. The molecule has 0 amide bonds. The second kappa shape index (κ2) is 5.71. The Kier molecular flexibility index (Phi) is 4.48. The molecule has 1 heterocycles. The van der Waals surface area contributed by atoms with Crippen LogP contribution in [0.25, 0.3) is 0 Å². The molecule has 2 atom stereocenters. The van der Waals surface area contributed by atoms with Gasteiger partial charge in [-0.3, -0.25) is 0 Å². The standard InChI is InChI=1S/C15H30N2/c1-13-7-6-11-17(14(13)2)12-10-15(16)8-4-3-5-9-15/h13-14H,3-12,16H2,1-2H3. The number of hydrogen-bond acceptors (Lipinski definition) is 2. The van der Waals surface area contributed by atoms with Gasteiger partial charge in [0.25, 0.3) is 0 Å². The first kappa shape index (κ1) is 13.4. The van der Waals surface area contributed by atoms with Crippen molar-refractivity contribution in [3.8, 4) is 0 Å². The molecular formula is C15H30N2. The maximum atomic E-state index is 6.53. The van der Waals surface area contributed by atoms with E-state index in [-0.39, 0.29) is 5.54 Å². The fraction of sp³-hybridized carbons (Fsp3) is 1.00. The van der Waals surface area contributed by atoms with Crippen molar-refractivity contribution in [2.24, 2.45) is 11.7 Å². The predicted molar refractivity (Wildman–Crippen MR) is 74.1 cm³/mol. The van der Waals surface area contributed by atoms with E-state index in [2.05, 4.69) is 18.7 Å². The van der Waals surface area contributed by atoms with E-state index in [9.17, 15) is 0 Å². The van der Waals surface area contributed by atoms with Gasteiger partial charge in [0.05, 0.1) is 0 Å². The molecule has 2 N–H and O–H groups in total. The fourth-order valence-electron chi connectivity index (χ4n) is 3.61. The van der Waals surface area contributed by atoms with E-state index in [0.29, 0.717) is 0 Å². The van der Waals surface area contributed by atoms with E-state index in [0.717, 1.165) is 12.0 Å². The monoisotopic (exact) mass is 238 g/mol. The SMILES string of the molecule is CC1CCCN(CCC2(N)CCCCC2)C1C. The van der Waals surface area contributed by atoms with Gasteiger partial charge in [-0.15, -0.1) is 0 Å². The maximum absolute atomic E-state index is 6.53. The number of piperidine rings is 1. The molecule has 100 valence electrons. The van der Waals surface area contributed by atoms with Gasteiger partial charge in [-0.1, -0.05) is 26.2 Å². The molecule has 0 bridgehead atoms. The minimum Gasteiger partial charge on any atom is -0.325 e. The Labute approximate surface area is 107 Å². The minimum absolute atomic E-state index is 0.165. The maximum Gasteiger partial charge on any atom is 0.0166 e. The first-order valence-corrected chi connectivity index (χ1v) is 7.64. The van der Waals surface area contributed by atoms with Crippen LogP contribution in [0.15, 0.2) is 0 Å². The highest BCUT2D eigenvalue weighted by Gasteiger charge is 2.30. The molecule has 1 aliphatic carbocycles. The summed E-state index contributed by atoms with van der Waals surface area (Å²) in [6.45, 7) is 7.31. The molecule has 2 fully saturated rings. The zero-order chi connectivity index (χ0) is 12.3. The van der Waals surface area contributed by atoms with Crippen LogP contribution in [0.5, 0.6) is 0 Å². The van der Waals surface area contributed by atoms with Gasteiger partial charge < -0.3 is 10.6 Å². The number of nitrogens with zero attached hydrogens (tertiary/aromatic N) is 1. The topological polar surface area (TPSA) is 29.3 Å². The van der Waals surface area contributed by atoms with Crippen molar-refractivity contribution in [1.29, 1.82) is 0 Å². The number of rotatable bonds is 3. The Hall–Kier alpha value is -0.0800. The van der Waals surface area contributed by atoms with Crippen LogP contribution in [-0.2, 0) is 0 Å². The lowest BCUT2D eigenvalue weighted by molar-refractivity contribution is 0.0986. The van der Waals surface area contributed by atoms with Crippen molar-refractivity contribution in [2.75, 3.05) is 13.1 Å². The Morgan fingerprint density at radius 3 is 2.53 bits per heavy atom. The first-order chi connectivity index (χ1) is 8.11. The van der Waals surface area contributed by atoms with E-state index in [1.165, 1.54) is 64.5 Å². The highest BCUT2D eigenvalue weighted by molar-refractivity contribution is 4.89. The molecule has 2 aliphatic rings. The van der Waals surface area contributed by atoms with Crippen molar-refractivity contribution in [3.63, 3.8) is 0 Å². The first-order valence-electron chi connectivity index (χ1n) is 7.64. The number of likely N-dealkylation sites (tertiary alicyclic amines) is 1. The van der Waals surface area contributed by atoms with E-state index >= 15 is 0 Å². The summed E-state index contributed by atoms with van der Waals surface area (Å²) in [4.78, 5) is 2.68. The quantitative estimate of drug-likeness (QED) is 0.818. The summed E-state index contributed by atoms with van der Waals surface area (Å²) in [7, 11) is 0. The zero-order valence-electron chi connectivity index (χ0n) is 11.8.